The van der Waals surface area contributed by atoms with Crippen LogP contribution in [0, 0.1) is 0 Å². The Balaban J connectivity index is 1.07. The summed E-state index contributed by atoms with van der Waals surface area (Å²) in [5, 5.41) is 20.8. The lowest BCUT2D eigenvalue weighted by Gasteiger charge is -2.41. The fourth-order valence-corrected chi connectivity index (χ4v) is 8.84. The fourth-order valence-electron chi connectivity index (χ4n) is 8.84. The molecule has 4 fully saturated rings. The van der Waals surface area contributed by atoms with E-state index in [0.717, 1.165) is 77.4 Å². The third kappa shape index (κ3) is 4.99. The zero-order valence-corrected chi connectivity index (χ0v) is 27.2. The highest BCUT2D eigenvalue weighted by molar-refractivity contribution is 6.01. The summed E-state index contributed by atoms with van der Waals surface area (Å²) in [4.78, 5) is 30.5. The maximum Gasteiger partial charge on any atom is 0.322 e. The minimum atomic E-state index is -0.0772. The Morgan fingerprint density at radius 2 is 1.79 bits per heavy atom. The highest BCUT2D eigenvalue weighted by atomic mass is 16.5. The molecule has 2 bridgehead atoms. The molecular weight excluding hydrogens is 604 g/mol. The second-order valence-corrected chi connectivity index (χ2v) is 14.0. The fraction of sp³-hybridized carbons (Fsp3) is 0.405. The van der Waals surface area contributed by atoms with Gasteiger partial charge in [0.1, 0.15) is 18.2 Å². The molecule has 6 heterocycles. The van der Waals surface area contributed by atoms with E-state index in [-0.39, 0.29) is 29.4 Å². The number of fused-ring (bicyclic) bond motifs is 5. The number of urea groups is 1. The average Bonchev–Trinajstić information content (AvgIpc) is 3.85. The third-order valence-electron chi connectivity index (χ3n) is 11.1. The van der Waals surface area contributed by atoms with Crippen LogP contribution in [0.25, 0.3) is 32.8 Å². The smallest absolute Gasteiger partial charge is 0.322 e. The van der Waals surface area contributed by atoms with Crippen molar-refractivity contribution < 1.29 is 14.6 Å². The Morgan fingerprint density at radius 1 is 1.00 bits per heavy atom. The second-order valence-electron chi connectivity index (χ2n) is 14.0. The Bertz CT molecular complexity index is 2020. The van der Waals surface area contributed by atoms with E-state index in [1.807, 2.05) is 42.4 Å². The first kappa shape index (κ1) is 29.3. The summed E-state index contributed by atoms with van der Waals surface area (Å²) in [6.07, 6.45) is 10.1. The number of nitrogens with zero attached hydrogens (tertiary/aromatic N) is 7. The molecule has 4 aliphatic rings. The Hall–Kier alpha value is -4.90. The van der Waals surface area contributed by atoms with Crippen LogP contribution in [0.5, 0.6) is 11.8 Å². The first-order valence-electron chi connectivity index (χ1n) is 17.2. The van der Waals surface area contributed by atoms with Crippen molar-refractivity contribution in [3.8, 4) is 22.9 Å². The molecule has 5 aromatic rings. The molecule has 4 aliphatic heterocycles. The topological polar surface area (TPSA) is 112 Å². The lowest BCUT2D eigenvalue weighted by atomic mass is 9.95. The number of hydrogen-bond donors (Lipinski definition) is 2. The van der Waals surface area contributed by atoms with Gasteiger partial charge in [-0.3, -0.25) is 9.58 Å². The van der Waals surface area contributed by atoms with Crippen LogP contribution in [0.3, 0.4) is 0 Å². The van der Waals surface area contributed by atoms with Gasteiger partial charge in [0.2, 0.25) is 0 Å². The van der Waals surface area contributed by atoms with E-state index >= 15 is 0 Å². The van der Waals surface area contributed by atoms with Crippen LogP contribution in [0.4, 0.5) is 16.3 Å². The molecule has 0 saturated carbocycles. The number of anilines is 2. The lowest BCUT2D eigenvalue weighted by molar-refractivity contribution is 0.108. The minimum Gasteiger partial charge on any atom is -0.508 e. The molecule has 2 N–H and O–H groups in total. The Morgan fingerprint density at radius 3 is 2.56 bits per heavy atom. The monoisotopic (exact) mass is 644 g/mol. The quantitative estimate of drug-likeness (QED) is 0.239. The zero-order chi connectivity index (χ0) is 32.4. The normalized spacial score (nSPS) is 21.7. The molecule has 2 aromatic heterocycles. The first-order valence-corrected chi connectivity index (χ1v) is 17.2. The lowest BCUT2D eigenvalue weighted by Crippen LogP contribution is -2.57. The molecule has 48 heavy (non-hydrogen) atoms. The summed E-state index contributed by atoms with van der Waals surface area (Å²) in [7, 11) is 1.84. The molecule has 11 nitrogen and oxygen atoms in total. The van der Waals surface area contributed by atoms with Crippen molar-refractivity contribution in [2.45, 2.75) is 56.1 Å². The van der Waals surface area contributed by atoms with Gasteiger partial charge in [0, 0.05) is 31.7 Å². The maximum atomic E-state index is 13.4. The summed E-state index contributed by atoms with van der Waals surface area (Å²) in [6, 6.07) is 18.5. The van der Waals surface area contributed by atoms with Crippen LogP contribution < -0.4 is 15.0 Å². The molecule has 0 spiro atoms. The largest absolute Gasteiger partial charge is 0.508 e. The molecular formula is C37H40N8O3. The van der Waals surface area contributed by atoms with Gasteiger partial charge in [0.25, 0.3) is 0 Å². The number of piperazine rings is 1. The van der Waals surface area contributed by atoms with E-state index in [9.17, 15) is 9.90 Å². The zero-order valence-electron chi connectivity index (χ0n) is 27.2. The third-order valence-corrected chi connectivity index (χ3v) is 11.1. The van der Waals surface area contributed by atoms with Gasteiger partial charge in [-0.25, -0.2) is 4.79 Å². The summed E-state index contributed by atoms with van der Waals surface area (Å²) in [5.41, 5.74) is 3.50. The van der Waals surface area contributed by atoms with E-state index in [4.69, 9.17) is 14.7 Å². The molecule has 246 valence electrons. The van der Waals surface area contributed by atoms with Gasteiger partial charge in [-0.15, -0.1) is 0 Å². The van der Waals surface area contributed by atoms with E-state index < -0.39 is 0 Å². The van der Waals surface area contributed by atoms with Crippen molar-refractivity contribution in [1.29, 1.82) is 0 Å². The van der Waals surface area contributed by atoms with Crippen molar-refractivity contribution in [2.75, 3.05) is 43.0 Å². The average molecular weight is 645 g/mol. The minimum absolute atomic E-state index is 0.0668. The predicted molar refractivity (Wildman–Crippen MR) is 186 cm³/mol. The van der Waals surface area contributed by atoms with Crippen molar-refractivity contribution in [3.63, 3.8) is 0 Å². The van der Waals surface area contributed by atoms with Crippen molar-refractivity contribution in [2.24, 2.45) is 7.05 Å². The molecule has 11 heteroatoms. The van der Waals surface area contributed by atoms with Gasteiger partial charge in [0.05, 0.1) is 35.0 Å². The molecule has 3 aromatic carbocycles. The molecule has 9 rings (SSSR count). The standard InChI is InChI=1S/C37H40N8O3/c1-42-20-26(19-38-42)39-36(47)45-27-9-10-28(45)22-43(21-27)34-31-11-8-25(32-18-29(46)16-24-6-2-3-7-30(24)32)17-33(31)40-35(41-34)48-23-37-12-4-14-44(37)15-5-13-37/h2-3,6-8,11,16-20,27-28,46H,4-5,9-10,12-15,21-23H2,1H3,(H,39,47). The number of ether oxygens (including phenoxy) is 1. The van der Waals surface area contributed by atoms with Gasteiger partial charge in [0.15, 0.2) is 0 Å². The molecule has 2 unspecified atom stereocenters. The van der Waals surface area contributed by atoms with Crippen LogP contribution in [-0.2, 0) is 7.05 Å². The number of rotatable bonds is 6. The van der Waals surface area contributed by atoms with E-state index in [1.54, 1.807) is 16.9 Å². The molecule has 2 atom stereocenters. The van der Waals surface area contributed by atoms with E-state index in [2.05, 4.69) is 44.5 Å². The van der Waals surface area contributed by atoms with Crippen LogP contribution in [0.15, 0.2) is 67.0 Å². The molecule has 4 saturated heterocycles. The highest BCUT2D eigenvalue weighted by Crippen LogP contribution is 2.41. The van der Waals surface area contributed by atoms with Crippen molar-refractivity contribution >= 4 is 39.2 Å². The van der Waals surface area contributed by atoms with Crippen LogP contribution in [-0.4, -0.2) is 91.1 Å². The van der Waals surface area contributed by atoms with Gasteiger partial charge < -0.3 is 25.0 Å². The number of aromatic nitrogens is 4. The Kier molecular flexibility index (Phi) is 6.93. The number of phenols is 1. The van der Waals surface area contributed by atoms with Crippen LogP contribution in [0.1, 0.15) is 38.5 Å². The van der Waals surface area contributed by atoms with Gasteiger partial charge >= 0.3 is 12.0 Å². The van der Waals surface area contributed by atoms with E-state index in [0.29, 0.717) is 31.4 Å². The molecule has 0 aliphatic carbocycles. The SMILES string of the molecule is Cn1cc(NC(=O)N2C3CCC2CN(c2nc(OCC45CCCN4CCC5)nc4cc(-c5cc(O)cc6ccccc56)ccc24)C3)cn1. The second kappa shape index (κ2) is 11.4. The number of benzene rings is 3. The maximum absolute atomic E-state index is 13.4. The predicted octanol–water partition coefficient (Wildman–Crippen LogP) is 5.78. The number of phenolic OH excluding ortho intramolecular Hbond substituents is 1. The number of carbonyl (C=O) groups excluding carboxylic acids is 1. The number of nitrogens with one attached hydrogen (secondary N) is 1. The van der Waals surface area contributed by atoms with Crippen LogP contribution >= 0.6 is 0 Å². The van der Waals surface area contributed by atoms with Crippen LogP contribution in [0.2, 0.25) is 0 Å². The number of carbonyl (C=O) groups is 1. The Labute approximate surface area is 279 Å². The van der Waals surface area contributed by atoms with Gasteiger partial charge in [-0.05, 0) is 97.8 Å². The summed E-state index contributed by atoms with van der Waals surface area (Å²) in [5.74, 6) is 1.08. The molecule has 2 amide bonds. The number of amides is 2. The van der Waals surface area contributed by atoms with Crippen molar-refractivity contribution in [1.82, 2.24) is 29.5 Å². The van der Waals surface area contributed by atoms with Gasteiger partial charge in [-0.1, -0.05) is 30.3 Å². The summed E-state index contributed by atoms with van der Waals surface area (Å²) >= 11 is 0. The molecule has 0 radical (unpaired) electrons. The highest BCUT2D eigenvalue weighted by Gasteiger charge is 2.46. The number of aryl methyl sites for hydroxylation is 1. The number of hydrogen-bond acceptors (Lipinski definition) is 8. The van der Waals surface area contributed by atoms with E-state index in [1.165, 1.54) is 12.8 Å². The first-order chi connectivity index (χ1) is 23.4. The van der Waals surface area contributed by atoms with Gasteiger partial charge in [-0.2, -0.15) is 15.1 Å². The summed E-state index contributed by atoms with van der Waals surface area (Å²) in [6.45, 7) is 4.21. The number of aromatic hydroxyl groups is 1. The van der Waals surface area contributed by atoms with Crippen molar-refractivity contribution in [3.05, 3.63) is 67.0 Å². The summed E-state index contributed by atoms with van der Waals surface area (Å²) < 4.78 is 8.24.